The van der Waals surface area contributed by atoms with Gasteiger partial charge in [0.1, 0.15) is 6.29 Å². The molecule has 0 bridgehead atoms. The predicted octanol–water partition coefficient (Wildman–Crippen LogP) is 5.75. The van der Waals surface area contributed by atoms with Gasteiger partial charge in [-0.2, -0.15) is 0 Å². The zero-order valence-corrected chi connectivity index (χ0v) is 16.9. The number of aldehydes is 1. The van der Waals surface area contributed by atoms with Gasteiger partial charge in [0.2, 0.25) is 0 Å². The summed E-state index contributed by atoms with van der Waals surface area (Å²) in [7, 11) is 0. The first-order chi connectivity index (χ1) is 12.4. The normalized spacial score (nSPS) is 46.0. The van der Waals surface area contributed by atoms with Crippen molar-refractivity contribution < 1.29 is 9.59 Å². The molecular weight excluding hydrogens is 320 g/mol. The van der Waals surface area contributed by atoms with Crippen molar-refractivity contribution in [3.05, 3.63) is 11.6 Å². The van der Waals surface area contributed by atoms with Gasteiger partial charge < -0.3 is 4.79 Å². The Bertz CT molecular complexity index is 620. The Morgan fingerprint density at radius 3 is 2.69 bits per heavy atom. The Labute approximate surface area is 159 Å². The molecule has 0 saturated heterocycles. The highest BCUT2D eigenvalue weighted by atomic mass is 16.1. The van der Waals surface area contributed by atoms with E-state index in [0.29, 0.717) is 22.5 Å². The standard InChI is InChI=1S/C24H36O2/c1-16(5-4-14-25)20-8-9-21-19-7-6-17-15-18(26)10-12-23(17,2)22(19)11-13-24(20,21)3/h14-16,19-22H,4-13H2,1-3H3/t16-,19+,20-,21+,22+,23+,24-/m1/s1. The molecule has 0 unspecified atom stereocenters. The van der Waals surface area contributed by atoms with Gasteiger partial charge in [0.25, 0.3) is 0 Å². The highest BCUT2D eigenvalue weighted by Gasteiger charge is 2.59. The number of carbonyl (C=O) groups excluding carboxylic acids is 2. The molecule has 2 heteroatoms. The maximum atomic E-state index is 12.0. The van der Waals surface area contributed by atoms with Gasteiger partial charge in [-0.1, -0.05) is 26.3 Å². The molecule has 0 spiro atoms. The van der Waals surface area contributed by atoms with E-state index in [1.54, 1.807) is 0 Å². The first kappa shape index (κ1) is 18.4. The molecule has 0 aliphatic heterocycles. The van der Waals surface area contributed by atoms with E-state index >= 15 is 0 Å². The lowest BCUT2D eigenvalue weighted by Gasteiger charge is -2.58. The van der Waals surface area contributed by atoms with Crippen molar-refractivity contribution in [2.24, 2.45) is 40.4 Å². The van der Waals surface area contributed by atoms with Crippen molar-refractivity contribution in [1.29, 1.82) is 0 Å². The first-order valence-electron chi connectivity index (χ1n) is 11.1. The molecule has 4 rings (SSSR count). The van der Waals surface area contributed by atoms with Crippen LogP contribution in [0.1, 0.15) is 85.0 Å². The second-order valence-corrected chi connectivity index (χ2v) is 10.4. The van der Waals surface area contributed by atoms with Crippen molar-refractivity contribution in [1.82, 2.24) is 0 Å². The van der Waals surface area contributed by atoms with Gasteiger partial charge in [-0.15, -0.1) is 0 Å². The molecule has 0 aromatic rings. The van der Waals surface area contributed by atoms with Gasteiger partial charge in [0.15, 0.2) is 5.78 Å². The second-order valence-electron chi connectivity index (χ2n) is 10.4. The zero-order chi connectivity index (χ0) is 18.5. The van der Waals surface area contributed by atoms with Crippen LogP contribution in [0.25, 0.3) is 0 Å². The topological polar surface area (TPSA) is 34.1 Å². The van der Waals surface area contributed by atoms with E-state index in [-0.39, 0.29) is 0 Å². The molecule has 26 heavy (non-hydrogen) atoms. The summed E-state index contributed by atoms with van der Waals surface area (Å²) < 4.78 is 0. The molecule has 0 heterocycles. The van der Waals surface area contributed by atoms with Crippen LogP contribution in [0.5, 0.6) is 0 Å². The third-order valence-electron chi connectivity index (χ3n) is 9.46. The molecule has 3 fully saturated rings. The van der Waals surface area contributed by atoms with Crippen LogP contribution in [0.3, 0.4) is 0 Å². The summed E-state index contributed by atoms with van der Waals surface area (Å²) >= 11 is 0. The van der Waals surface area contributed by atoms with E-state index in [2.05, 4.69) is 20.8 Å². The fourth-order valence-electron chi connectivity index (χ4n) is 8.07. The van der Waals surface area contributed by atoms with E-state index in [0.717, 1.165) is 62.1 Å². The molecule has 3 saturated carbocycles. The van der Waals surface area contributed by atoms with Gasteiger partial charge in [-0.25, -0.2) is 0 Å². The van der Waals surface area contributed by atoms with Crippen LogP contribution >= 0.6 is 0 Å². The lowest BCUT2D eigenvalue weighted by atomic mass is 9.46. The molecule has 7 atom stereocenters. The minimum atomic E-state index is 0.291. The maximum absolute atomic E-state index is 12.0. The summed E-state index contributed by atoms with van der Waals surface area (Å²) in [6.07, 6.45) is 14.7. The minimum absolute atomic E-state index is 0.291. The zero-order valence-electron chi connectivity index (χ0n) is 16.9. The van der Waals surface area contributed by atoms with E-state index in [1.807, 2.05) is 6.08 Å². The van der Waals surface area contributed by atoms with Crippen LogP contribution in [0, 0.1) is 40.4 Å². The summed E-state index contributed by atoms with van der Waals surface area (Å²) in [6.45, 7) is 7.45. The van der Waals surface area contributed by atoms with Crippen molar-refractivity contribution in [2.75, 3.05) is 0 Å². The van der Waals surface area contributed by atoms with Gasteiger partial charge >= 0.3 is 0 Å². The predicted molar refractivity (Wildman–Crippen MR) is 105 cm³/mol. The molecule has 0 aromatic carbocycles. The van der Waals surface area contributed by atoms with Crippen molar-refractivity contribution in [3.8, 4) is 0 Å². The molecule has 2 nitrogen and oxygen atoms in total. The number of allylic oxidation sites excluding steroid dienone is 1. The van der Waals surface area contributed by atoms with E-state index in [9.17, 15) is 9.59 Å². The molecule has 0 radical (unpaired) electrons. The Balaban J connectivity index is 1.57. The van der Waals surface area contributed by atoms with Crippen molar-refractivity contribution in [2.45, 2.75) is 85.0 Å². The molecule has 144 valence electrons. The summed E-state index contributed by atoms with van der Waals surface area (Å²) in [4.78, 5) is 22.8. The van der Waals surface area contributed by atoms with Crippen molar-refractivity contribution in [3.63, 3.8) is 0 Å². The second kappa shape index (κ2) is 6.60. The summed E-state index contributed by atoms with van der Waals surface area (Å²) in [5.41, 5.74) is 2.25. The number of hydrogen-bond donors (Lipinski definition) is 0. The molecule has 0 amide bonds. The highest BCUT2D eigenvalue weighted by molar-refractivity contribution is 5.91. The number of ketones is 1. The Kier molecular flexibility index (Phi) is 4.68. The molecule has 0 N–H and O–H groups in total. The van der Waals surface area contributed by atoms with Crippen LogP contribution in [0.2, 0.25) is 0 Å². The number of carbonyl (C=O) groups is 2. The molecule has 0 aromatic heterocycles. The monoisotopic (exact) mass is 356 g/mol. The van der Waals surface area contributed by atoms with E-state index in [1.165, 1.54) is 37.7 Å². The average Bonchev–Trinajstić information content (AvgIpc) is 2.97. The Hall–Kier alpha value is -0.920. The van der Waals surface area contributed by atoms with Crippen LogP contribution in [0.4, 0.5) is 0 Å². The van der Waals surface area contributed by atoms with E-state index < -0.39 is 0 Å². The molecular formula is C24H36O2. The Morgan fingerprint density at radius 2 is 1.92 bits per heavy atom. The fourth-order valence-corrected chi connectivity index (χ4v) is 8.07. The lowest BCUT2D eigenvalue weighted by molar-refractivity contribution is -0.117. The van der Waals surface area contributed by atoms with Crippen LogP contribution in [-0.4, -0.2) is 12.1 Å². The number of rotatable bonds is 4. The fraction of sp³-hybridized carbons (Fsp3) is 0.833. The van der Waals surface area contributed by atoms with E-state index in [4.69, 9.17) is 0 Å². The summed E-state index contributed by atoms with van der Waals surface area (Å²) in [6, 6.07) is 0. The van der Waals surface area contributed by atoms with Crippen LogP contribution in [0.15, 0.2) is 11.6 Å². The lowest BCUT2D eigenvalue weighted by Crippen LogP contribution is -2.50. The number of hydrogen-bond acceptors (Lipinski definition) is 2. The quantitative estimate of drug-likeness (QED) is 0.601. The Morgan fingerprint density at radius 1 is 1.12 bits per heavy atom. The first-order valence-corrected chi connectivity index (χ1v) is 11.1. The summed E-state index contributed by atoms with van der Waals surface area (Å²) in [5.74, 6) is 4.34. The van der Waals surface area contributed by atoms with Gasteiger partial charge in [-0.05, 0) is 97.9 Å². The largest absolute Gasteiger partial charge is 0.303 e. The summed E-state index contributed by atoms with van der Waals surface area (Å²) in [5, 5.41) is 0. The van der Waals surface area contributed by atoms with Gasteiger partial charge in [-0.3, -0.25) is 4.79 Å². The van der Waals surface area contributed by atoms with Crippen LogP contribution in [-0.2, 0) is 9.59 Å². The third-order valence-corrected chi connectivity index (χ3v) is 9.46. The van der Waals surface area contributed by atoms with Crippen molar-refractivity contribution >= 4 is 12.1 Å². The average molecular weight is 357 g/mol. The maximum Gasteiger partial charge on any atom is 0.155 e. The molecule has 4 aliphatic carbocycles. The minimum Gasteiger partial charge on any atom is -0.303 e. The third kappa shape index (κ3) is 2.66. The SMILES string of the molecule is C[C@H](CCC=O)[C@H]1CC[C@H]2[C@@H]3CCC4=CC(=O)CC[C@]4(C)[C@H]3CC[C@]12C. The number of fused-ring (bicyclic) bond motifs is 5. The van der Waals surface area contributed by atoms with Gasteiger partial charge in [0.05, 0.1) is 0 Å². The highest BCUT2D eigenvalue weighted by Crippen LogP contribution is 2.67. The molecule has 4 aliphatic rings. The smallest absolute Gasteiger partial charge is 0.155 e. The van der Waals surface area contributed by atoms with Gasteiger partial charge in [0, 0.05) is 12.8 Å². The van der Waals surface area contributed by atoms with Crippen LogP contribution < -0.4 is 0 Å².